The summed E-state index contributed by atoms with van der Waals surface area (Å²) >= 11 is 0. The van der Waals surface area contributed by atoms with E-state index < -0.39 is 0 Å². The highest BCUT2D eigenvalue weighted by Crippen LogP contribution is 2.54. The third kappa shape index (κ3) is 1.75. The Kier molecular flexibility index (Phi) is 2.26. The predicted molar refractivity (Wildman–Crippen MR) is 71.4 cm³/mol. The van der Waals surface area contributed by atoms with Crippen LogP contribution in [0.2, 0.25) is 0 Å². The van der Waals surface area contributed by atoms with Gasteiger partial charge in [0, 0.05) is 11.6 Å². The second-order valence-electron chi connectivity index (χ2n) is 6.25. The summed E-state index contributed by atoms with van der Waals surface area (Å²) in [5.41, 5.74) is 3.90. The summed E-state index contributed by atoms with van der Waals surface area (Å²) in [6, 6.07) is 6.43. The van der Waals surface area contributed by atoms with Gasteiger partial charge in [-0.15, -0.1) is 0 Å². The minimum Gasteiger partial charge on any atom is -0.326 e. The molecule has 0 bridgehead atoms. The molecule has 2 heteroatoms. The third-order valence-electron chi connectivity index (χ3n) is 4.98. The fourth-order valence-electron chi connectivity index (χ4n) is 3.82. The smallest absolute Gasteiger partial charge is 0.227 e. The fourth-order valence-corrected chi connectivity index (χ4v) is 3.82. The molecule has 1 N–H and O–H groups in total. The van der Waals surface area contributed by atoms with Crippen molar-refractivity contribution in [2.75, 3.05) is 5.32 Å². The highest BCUT2D eigenvalue weighted by Gasteiger charge is 2.47. The molecule has 2 saturated carbocycles. The minimum atomic E-state index is 0.250. The van der Waals surface area contributed by atoms with Crippen molar-refractivity contribution in [1.82, 2.24) is 0 Å². The van der Waals surface area contributed by atoms with Crippen molar-refractivity contribution in [3.63, 3.8) is 0 Å². The number of carbonyl (C=O) groups is 1. The van der Waals surface area contributed by atoms with Crippen molar-refractivity contribution >= 4 is 11.6 Å². The van der Waals surface area contributed by atoms with Crippen LogP contribution in [0.3, 0.4) is 0 Å². The van der Waals surface area contributed by atoms with Crippen molar-refractivity contribution < 1.29 is 4.79 Å². The van der Waals surface area contributed by atoms with Crippen LogP contribution in [0.25, 0.3) is 0 Å². The molecule has 2 unspecified atom stereocenters. The van der Waals surface area contributed by atoms with Gasteiger partial charge in [-0.05, 0) is 73.6 Å². The van der Waals surface area contributed by atoms with Gasteiger partial charge < -0.3 is 5.32 Å². The Labute approximate surface area is 108 Å². The standard InChI is InChI=1S/C16H19NO/c18-16(14-7-12-6-13(12)8-14)17-15-5-4-10-2-1-3-11(10)9-15/h4-5,9,12-14H,1-3,6-8H2,(H,17,18). The van der Waals surface area contributed by atoms with Crippen LogP contribution in [0, 0.1) is 17.8 Å². The number of amides is 1. The highest BCUT2D eigenvalue weighted by molar-refractivity contribution is 5.93. The lowest BCUT2D eigenvalue weighted by atomic mass is 10.0. The molecule has 1 aromatic rings. The van der Waals surface area contributed by atoms with Gasteiger partial charge in [0.25, 0.3) is 0 Å². The van der Waals surface area contributed by atoms with Crippen LogP contribution < -0.4 is 5.32 Å². The lowest BCUT2D eigenvalue weighted by molar-refractivity contribution is -0.120. The van der Waals surface area contributed by atoms with Crippen molar-refractivity contribution in [2.24, 2.45) is 17.8 Å². The maximum atomic E-state index is 12.2. The van der Waals surface area contributed by atoms with E-state index in [9.17, 15) is 4.79 Å². The summed E-state index contributed by atoms with van der Waals surface area (Å²) in [5.74, 6) is 2.28. The van der Waals surface area contributed by atoms with Crippen molar-refractivity contribution in [3.8, 4) is 0 Å². The average Bonchev–Trinajstić information content (AvgIpc) is 2.79. The van der Waals surface area contributed by atoms with Gasteiger partial charge in [-0.1, -0.05) is 6.07 Å². The molecular formula is C16H19NO. The van der Waals surface area contributed by atoms with E-state index in [-0.39, 0.29) is 11.8 Å². The van der Waals surface area contributed by atoms with Gasteiger partial charge in [-0.3, -0.25) is 4.79 Å². The van der Waals surface area contributed by atoms with Crippen LogP contribution in [-0.4, -0.2) is 5.91 Å². The van der Waals surface area contributed by atoms with Gasteiger partial charge >= 0.3 is 0 Å². The van der Waals surface area contributed by atoms with Gasteiger partial charge in [0.05, 0.1) is 0 Å². The summed E-state index contributed by atoms with van der Waals surface area (Å²) in [6.45, 7) is 0. The van der Waals surface area contributed by atoms with E-state index in [4.69, 9.17) is 0 Å². The topological polar surface area (TPSA) is 29.1 Å². The zero-order valence-electron chi connectivity index (χ0n) is 10.6. The molecule has 3 aliphatic rings. The van der Waals surface area contributed by atoms with Crippen LogP contribution in [-0.2, 0) is 17.6 Å². The molecule has 4 rings (SSSR count). The third-order valence-corrected chi connectivity index (χ3v) is 4.98. The van der Waals surface area contributed by atoms with E-state index in [1.807, 2.05) is 0 Å². The first-order valence-electron chi connectivity index (χ1n) is 7.22. The maximum Gasteiger partial charge on any atom is 0.227 e. The molecule has 0 heterocycles. The van der Waals surface area contributed by atoms with Crippen molar-refractivity contribution in [3.05, 3.63) is 29.3 Å². The number of rotatable bonds is 2. The second-order valence-corrected chi connectivity index (χ2v) is 6.25. The first-order chi connectivity index (χ1) is 8.79. The maximum absolute atomic E-state index is 12.2. The van der Waals surface area contributed by atoms with Crippen LogP contribution in [0.15, 0.2) is 18.2 Å². The SMILES string of the molecule is O=C(Nc1ccc2c(c1)CCC2)C1CC2CC2C1. The number of hydrogen-bond acceptors (Lipinski definition) is 1. The lowest BCUT2D eigenvalue weighted by Crippen LogP contribution is -2.21. The molecule has 0 spiro atoms. The Morgan fingerprint density at radius 2 is 1.83 bits per heavy atom. The molecule has 0 aliphatic heterocycles. The molecule has 0 aromatic heterocycles. The lowest BCUT2D eigenvalue weighted by Gasteiger charge is -2.13. The van der Waals surface area contributed by atoms with E-state index in [1.165, 1.54) is 36.8 Å². The monoisotopic (exact) mass is 241 g/mol. The van der Waals surface area contributed by atoms with Crippen molar-refractivity contribution in [2.45, 2.75) is 38.5 Å². The van der Waals surface area contributed by atoms with E-state index >= 15 is 0 Å². The number of benzene rings is 1. The molecule has 3 aliphatic carbocycles. The Bertz CT molecular complexity index is 498. The summed E-state index contributed by atoms with van der Waals surface area (Å²) in [7, 11) is 0. The van der Waals surface area contributed by atoms with Gasteiger partial charge in [0.15, 0.2) is 0 Å². The van der Waals surface area contributed by atoms with Crippen LogP contribution in [0.1, 0.15) is 36.8 Å². The number of hydrogen-bond donors (Lipinski definition) is 1. The van der Waals surface area contributed by atoms with E-state index in [0.717, 1.165) is 30.4 Å². The molecule has 2 fully saturated rings. The van der Waals surface area contributed by atoms with Crippen LogP contribution in [0.4, 0.5) is 5.69 Å². The Morgan fingerprint density at radius 1 is 1.06 bits per heavy atom. The molecule has 2 nitrogen and oxygen atoms in total. The molecular weight excluding hydrogens is 222 g/mol. The highest BCUT2D eigenvalue weighted by atomic mass is 16.1. The molecule has 0 saturated heterocycles. The summed E-state index contributed by atoms with van der Waals surface area (Å²) in [5, 5.41) is 3.12. The molecule has 1 amide bonds. The van der Waals surface area contributed by atoms with E-state index in [1.54, 1.807) is 0 Å². The Balaban J connectivity index is 1.46. The van der Waals surface area contributed by atoms with Crippen LogP contribution in [0.5, 0.6) is 0 Å². The van der Waals surface area contributed by atoms with E-state index in [2.05, 4.69) is 23.5 Å². The number of carbonyl (C=O) groups excluding carboxylic acids is 1. The first-order valence-corrected chi connectivity index (χ1v) is 7.22. The summed E-state index contributed by atoms with van der Waals surface area (Å²) < 4.78 is 0. The number of anilines is 1. The molecule has 18 heavy (non-hydrogen) atoms. The molecule has 0 radical (unpaired) electrons. The number of nitrogens with one attached hydrogen (secondary N) is 1. The quantitative estimate of drug-likeness (QED) is 0.846. The van der Waals surface area contributed by atoms with Crippen LogP contribution >= 0.6 is 0 Å². The molecule has 2 atom stereocenters. The number of fused-ring (bicyclic) bond motifs is 2. The largest absolute Gasteiger partial charge is 0.326 e. The Hall–Kier alpha value is -1.31. The molecule has 94 valence electrons. The minimum absolute atomic E-state index is 0.250. The van der Waals surface area contributed by atoms with Gasteiger partial charge in [0.2, 0.25) is 5.91 Å². The zero-order valence-corrected chi connectivity index (χ0v) is 10.6. The molecule has 1 aromatic carbocycles. The first kappa shape index (κ1) is 10.6. The van der Waals surface area contributed by atoms with Crippen molar-refractivity contribution in [1.29, 1.82) is 0 Å². The van der Waals surface area contributed by atoms with Gasteiger partial charge in [0.1, 0.15) is 0 Å². The average molecular weight is 241 g/mol. The Morgan fingerprint density at radius 3 is 2.67 bits per heavy atom. The summed E-state index contributed by atoms with van der Waals surface area (Å²) in [6.07, 6.45) is 7.27. The van der Waals surface area contributed by atoms with Gasteiger partial charge in [-0.25, -0.2) is 0 Å². The van der Waals surface area contributed by atoms with Gasteiger partial charge in [-0.2, -0.15) is 0 Å². The van der Waals surface area contributed by atoms with E-state index in [0.29, 0.717) is 0 Å². The number of aryl methyl sites for hydroxylation is 2. The predicted octanol–water partition coefficient (Wildman–Crippen LogP) is 3.16. The second kappa shape index (κ2) is 3.84. The fraction of sp³-hybridized carbons (Fsp3) is 0.562. The zero-order chi connectivity index (χ0) is 12.1. The summed E-state index contributed by atoms with van der Waals surface area (Å²) in [4.78, 5) is 12.2. The normalized spacial score (nSPS) is 31.9.